The van der Waals surface area contributed by atoms with Crippen molar-refractivity contribution >= 4 is 17.8 Å². The van der Waals surface area contributed by atoms with Crippen LogP contribution in [0.1, 0.15) is 65.6 Å². The number of fused-ring (bicyclic) bond motifs is 1. The molecule has 0 saturated carbocycles. The number of amides is 2. The maximum atomic E-state index is 13.2. The number of carbonyl (C=O) groups excluding carboxylic acids is 3. The molecule has 9 heteroatoms. The van der Waals surface area contributed by atoms with Crippen LogP contribution in [0.25, 0.3) is 0 Å². The van der Waals surface area contributed by atoms with Gasteiger partial charge in [0.2, 0.25) is 5.91 Å². The molecule has 3 rings (SSSR count). The molecule has 2 amide bonds. The number of methoxy groups -OCH3 is 1. The van der Waals surface area contributed by atoms with Gasteiger partial charge in [0.25, 0.3) is 5.91 Å². The SMILES string of the molecule is COC(=O)c1ccccc1C(=O)N1CCc2nnc([C@@H](CC(C)C)NC(C)=O)n2CC1. The molecule has 1 aromatic heterocycles. The van der Waals surface area contributed by atoms with E-state index < -0.39 is 5.97 Å². The predicted molar refractivity (Wildman–Crippen MR) is 113 cm³/mol. The van der Waals surface area contributed by atoms with Crippen molar-refractivity contribution in [2.75, 3.05) is 20.2 Å². The normalized spacial score (nSPS) is 14.5. The highest BCUT2D eigenvalue weighted by molar-refractivity contribution is 6.05. The summed E-state index contributed by atoms with van der Waals surface area (Å²) < 4.78 is 6.82. The van der Waals surface area contributed by atoms with E-state index in [2.05, 4.69) is 29.4 Å². The fourth-order valence-corrected chi connectivity index (χ4v) is 3.88. The second kappa shape index (κ2) is 9.72. The van der Waals surface area contributed by atoms with E-state index >= 15 is 0 Å². The molecular formula is C22H29N5O4. The summed E-state index contributed by atoms with van der Waals surface area (Å²) in [5, 5.41) is 11.7. The quantitative estimate of drug-likeness (QED) is 0.707. The Labute approximate surface area is 181 Å². The molecule has 1 aliphatic heterocycles. The summed E-state index contributed by atoms with van der Waals surface area (Å²) in [5.41, 5.74) is 0.574. The Morgan fingerprint density at radius 3 is 2.45 bits per heavy atom. The Kier molecular flexibility index (Phi) is 7.04. The number of aromatic nitrogens is 3. The van der Waals surface area contributed by atoms with Crippen LogP contribution in [0.4, 0.5) is 0 Å². The highest BCUT2D eigenvalue weighted by Crippen LogP contribution is 2.23. The summed E-state index contributed by atoms with van der Waals surface area (Å²) in [6, 6.07) is 6.43. The smallest absolute Gasteiger partial charge is 0.338 e. The minimum Gasteiger partial charge on any atom is -0.465 e. The minimum absolute atomic E-state index is 0.118. The fourth-order valence-electron chi connectivity index (χ4n) is 3.88. The number of ether oxygens (including phenoxy) is 1. The molecule has 2 aromatic rings. The first-order valence-corrected chi connectivity index (χ1v) is 10.5. The van der Waals surface area contributed by atoms with Crippen LogP contribution in [-0.2, 0) is 22.5 Å². The van der Waals surface area contributed by atoms with E-state index in [1.165, 1.54) is 14.0 Å². The number of hydrogen-bond acceptors (Lipinski definition) is 6. The summed E-state index contributed by atoms with van der Waals surface area (Å²) in [6.07, 6.45) is 1.28. The average molecular weight is 428 g/mol. The van der Waals surface area contributed by atoms with Gasteiger partial charge in [0.1, 0.15) is 5.82 Å². The zero-order chi connectivity index (χ0) is 22.5. The number of nitrogens with one attached hydrogen (secondary N) is 1. The fraction of sp³-hybridized carbons (Fsp3) is 0.500. The summed E-state index contributed by atoms with van der Waals surface area (Å²) in [5.74, 6) is 0.983. The van der Waals surface area contributed by atoms with Gasteiger partial charge in [0.15, 0.2) is 5.82 Å². The Morgan fingerprint density at radius 1 is 1.10 bits per heavy atom. The van der Waals surface area contributed by atoms with Gasteiger partial charge in [0.05, 0.1) is 24.3 Å². The van der Waals surface area contributed by atoms with Crippen molar-refractivity contribution in [3.8, 4) is 0 Å². The van der Waals surface area contributed by atoms with Crippen LogP contribution in [0.3, 0.4) is 0 Å². The van der Waals surface area contributed by atoms with E-state index in [1.54, 1.807) is 29.2 Å². The van der Waals surface area contributed by atoms with Crippen molar-refractivity contribution in [2.45, 2.75) is 46.2 Å². The molecule has 1 aromatic carbocycles. The third kappa shape index (κ3) is 5.10. The standard InChI is InChI=1S/C22H29N5O4/c1-14(2)13-18(23-15(3)28)20-25-24-19-9-10-26(11-12-27(19)20)21(29)16-7-5-6-8-17(16)22(30)31-4/h5-8,14,18H,9-13H2,1-4H3,(H,23,28)/t18-/m1/s1. The number of rotatable bonds is 6. The molecular weight excluding hydrogens is 398 g/mol. The summed E-state index contributed by atoms with van der Waals surface area (Å²) in [7, 11) is 1.30. The second-order valence-corrected chi connectivity index (χ2v) is 8.09. The van der Waals surface area contributed by atoms with Crippen molar-refractivity contribution in [1.82, 2.24) is 25.0 Å². The van der Waals surface area contributed by atoms with Gasteiger partial charge in [-0.1, -0.05) is 26.0 Å². The molecule has 1 aliphatic rings. The van der Waals surface area contributed by atoms with Crippen LogP contribution >= 0.6 is 0 Å². The van der Waals surface area contributed by atoms with Gasteiger partial charge < -0.3 is 19.5 Å². The molecule has 2 heterocycles. The van der Waals surface area contributed by atoms with Gasteiger partial charge in [-0.3, -0.25) is 9.59 Å². The predicted octanol–water partition coefficient (Wildman–Crippen LogP) is 1.99. The molecule has 0 bridgehead atoms. The lowest BCUT2D eigenvalue weighted by Gasteiger charge is -2.22. The van der Waals surface area contributed by atoms with Crippen LogP contribution in [0.2, 0.25) is 0 Å². The number of hydrogen-bond donors (Lipinski definition) is 1. The molecule has 9 nitrogen and oxygen atoms in total. The minimum atomic E-state index is -0.537. The van der Waals surface area contributed by atoms with E-state index in [0.717, 1.165) is 12.2 Å². The van der Waals surface area contributed by atoms with Crippen LogP contribution in [0, 0.1) is 5.92 Å². The third-order valence-corrected chi connectivity index (χ3v) is 5.30. The topological polar surface area (TPSA) is 106 Å². The van der Waals surface area contributed by atoms with Crippen LogP contribution in [0.5, 0.6) is 0 Å². The van der Waals surface area contributed by atoms with Crippen molar-refractivity contribution in [3.05, 3.63) is 47.0 Å². The first-order valence-electron chi connectivity index (χ1n) is 10.5. The summed E-state index contributed by atoms with van der Waals surface area (Å²) >= 11 is 0. The Bertz CT molecular complexity index is 969. The first kappa shape index (κ1) is 22.5. The van der Waals surface area contributed by atoms with Crippen LogP contribution in [0.15, 0.2) is 24.3 Å². The molecule has 0 aliphatic carbocycles. The number of nitrogens with zero attached hydrogens (tertiary/aromatic N) is 4. The van der Waals surface area contributed by atoms with Crippen molar-refractivity contribution in [3.63, 3.8) is 0 Å². The molecule has 1 N–H and O–H groups in total. The Balaban J connectivity index is 1.82. The van der Waals surface area contributed by atoms with Crippen LogP contribution < -0.4 is 5.32 Å². The molecule has 0 saturated heterocycles. The lowest BCUT2D eigenvalue weighted by molar-refractivity contribution is -0.119. The molecule has 0 fully saturated rings. The number of benzene rings is 1. The van der Waals surface area contributed by atoms with E-state index in [1.807, 2.05) is 4.57 Å². The molecule has 31 heavy (non-hydrogen) atoms. The largest absolute Gasteiger partial charge is 0.465 e. The number of carbonyl (C=O) groups is 3. The zero-order valence-corrected chi connectivity index (χ0v) is 18.4. The lowest BCUT2D eigenvalue weighted by atomic mass is 10.0. The van der Waals surface area contributed by atoms with Crippen LogP contribution in [-0.4, -0.2) is 57.6 Å². The average Bonchev–Trinajstić information content (AvgIpc) is 3.02. The highest BCUT2D eigenvalue weighted by Gasteiger charge is 2.28. The molecule has 0 unspecified atom stereocenters. The Morgan fingerprint density at radius 2 is 1.81 bits per heavy atom. The van der Waals surface area contributed by atoms with Crippen molar-refractivity contribution < 1.29 is 19.1 Å². The zero-order valence-electron chi connectivity index (χ0n) is 18.4. The van der Waals surface area contributed by atoms with E-state index in [9.17, 15) is 14.4 Å². The maximum absolute atomic E-state index is 13.2. The van der Waals surface area contributed by atoms with Gasteiger partial charge in [-0.25, -0.2) is 4.79 Å². The van der Waals surface area contributed by atoms with Gasteiger partial charge in [-0.05, 0) is 24.5 Å². The van der Waals surface area contributed by atoms with Crippen molar-refractivity contribution in [2.24, 2.45) is 5.92 Å². The van der Waals surface area contributed by atoms with Gasteiger partial charge in [-0.2, -0.15) is 0 Å². The highest BCUT2D eigenvalue weighted by atomic mass is 16.5. The van der Waals surface area contributed by atoms with Gasteiger partial charge in [0, 0.05) is 33.0 Å². The van der Waals surface area contributed by atoms with E-state index in [-0.39, 0.29) is 23.4 Å². The van der Waals surface area contributed by atoms with Gasteiger partial charge >= 0.3 is 5.97 Å². The monoisotopic (exact) mass is 427 g/mol. The lowest BCUT2D eigenvalue weighted by Crippen LogP contribution is -2.35. The summed E-state index contributed by atoms with van der Waals surface area (Å²) in [6.45, 7) is 7.09. The van der Waals surface area contributed by atoms with Gasteiger partial charge in [-0.15, -0.1) is 10.2 Å². The van der Waals surface area contributed by atoms with E-state index in [4.69, 9.17) is 4.74 Å². The van der Waals surface area contributed by atoms with E-state index in [0.29, 0.717) is 43.4 Å². The molecule has 166 valence electrons. The summed E-state index contributed by atoms with van der Waals surface area (Å²) in [4.78, 5) is 38.7. The second-order valence-electron chi connectivity index (χ2n) is 8.09. The van der Waals surface area contributed by atoms with Crippen molar-refractivity contribution in [1.29, 1.82) is 0 Å². The maximum Gasteiger partial charge on any atom is 0.338 e. The molecule has 1 atom stereocenters. The first-order chi connectivity index (χ1) is 14.8. The number of esters is 1. The Hall–Kier alpha value is -3.23. The third-order valence-electron chi connectivity index (χ3n) is 5.30. The molecule has 0 spiro atoms. The molecule has 0 radical (unpaired) electrons.